The van der Waals surface area contributed by atoms with Gasteiger partial charge in [0.05, 0.1) is 12.3 Å². The summed E-state index contributed by atoms with van der Waals surface area (Å²) in [6.07, 6.45) is 2.35. The summed E-state index contributed by atoms with van der Waals surface area (Å²) in [6.45, 7) is 1.58. The van der Waals surface area contributed by atoms with Crippen LogP contribution in [0.3, 0.4) is 0 Å². The largest absolute Gasteiger partial charge is 0.393 e. The van der Waals surface area contributed by atoms with Crippen molar-refractivity contribution >= 4 is 17.3 Å². The van der Waals surface area contributed by atoms with Gasteiger partial charge in [0.15, 0.2) is 5.82 Å². The molecule has 1 saturated heterocycles. The summed E-state index contributed by atoms with van der Waals surface area (Å²) in [7, 11) is 0. The van der Waals surface area contributed by atoms with Gasteiger partial charge >= 0.3 is 0 Å². The van der Waals surface area contributed by atoms with Crippen LogP contribution in [0.25, 0.3) is 11.3 Å². The summed E-state index contributed by atoms with van der Waals surface area (Å²) in [6, 6.07) is 7.52. The summed E-state index contributed by atoms with van der Waals surface area (Å²) in [5.74, 6) is -0.495. The van der Waals surface area contributed by atoms with Crippen molar-refractivity contribution in [2.24, 2.45) is 0 Å². The minimum absolute atomic E-state index is 0.0258. The van der Waals surface area contributed by atoms with E-state index >= 15 is 0 Å². The van der Waals surface area contributed by atoms with Gasteiger partial charge in [-0.2, -0.15) is 0 Å². The molecule has 0 atom stereocenters. The van der Waals surface area contributed by atoms with Crippen molar-refractivity contribution in [2.75, 3.05) is 18.0 Å². The number of rotatable bonds is 2. The first kappa shape index (κ1) is 14.2. The van der Waals surface area contributed by atoms with Crippen LogP contribution in [0.1, 0.15) is 12.8 Å². The van der Waals surface area contributed by atoms with E-state index in [0.29, 0.717) is 5.56 Å². The maximum absolute atomic E-state index is 13.9. The number of hydrogen-bond donors (Lipinski definition) is 1. The number of hydrogen-bond acceptors (Lipinski definition) is 4. The van der Waals surface area contributed by atoms with E-state index < -0.39 is 5.82 Å². The Morgan fingerprint density at radius 3 is 2.81 bits per heavy atom. The monoisotopic (exact) mass is 307 g/mol. The number of nitrogens with zero attached hydrogens (tertiary/aromatic N) is 3. The number of halogens is 2. The molecule has 0 radical (unpaired) electrons. The summed E-state index contributed by atoms with van der Waals surface area (Å²) in [5, 5.41) is 9.59. The fraction of sp³-hybridized carbons (Fsp3) is 0.333. The third-order valence-corrected chi connectivity index (χ3v) is 3.85. The molecule has 0 amide bonds. The lowest BCUT2D eigenvalue weighted by molar-refractivity contribution is 0.145. The first-order chi connectivity index (χ1) is 10.1. The Hall–Kier alpha value is -1.72. The van der Waals surface area contributed by atoms with Gasteiger partial charge < -0.3 is 10.0 Å². The molecule has 0 spiro atoms. The third kappa shape index (κ3) is 3.14. The number of aromatic nitrogens is 2. The Morgan fingerprint density at radius 2 is 2.05 bits per heavy atom. The molecular formula is C15H15ClFN3O. The first-order valence-electron chi connectivity index (χ1n) is 6.85. The molecule has 0 saturated carbocycles. The van der Waals surface area contributed by atoms with E-state index in [1.165, 1.54) is 0 Å². The van der Waals surface area contributed by atoms with Gasteiger partial charge in [0.25, 0.3) is 0 Å². The third-order valence-electron chi connectivity index (χ3n) is 3.66. The average Bonchev–Trinajstić information content (AvgIpc) is 2.50. The van der Waals surface area contributed by atoms with Gasteiger partial charge in [-0.25, -0.2) is 14.4 Å². The molecule has 1 N–H and O–H groups in total. The predicted molar refractivity (Wildman–Crippen MR) is 79.9 cm³/mol. The number of piperidine rings is 1. The van der Waals surface area contributed by atoms with E-state index in [1.54, 1.807) is 6.07 Å². The molecule has 1 fully saturated rings. The highest BCUT2D eigenvalue weighted by Crippen LogP contribution is 2.27. The van der Waals surface area contributed by atoms with Crippen molar-refractivity contribution < 1.29 is 9.50 Å². The predicted octanol–water partition coefficient (Wildman–Crippen LogP) is 2.90. The number of aliphatic hydroxyl groups is 1. The van der Waals surface area contributed by atoms with E-state index in [0.717, 1.165) is 37.8 Å². The topological polar surface area (TPSA) is 49.2 Å². The van der Waals surface area contributed by atoms with Crippen molar-refractivity contribution in [1.29, 1.82) is 0 Å². The van der Waals surface area contributed by atoms with Gasteiger partial charge in [0.1, 0.15) is 5.69 Å². The van der Waals surface area contributed by atoms with Gasteiger partial charge in [-0.15, -0.1) is 0 Å². The molecule has 1 aliphatic rings. The Kier molecular flexibility index (Phi) is 4.03. The Morgan fingerprint density at radius 1 is 1.29 bits per heavy atom. The standard InChI is InChI=1S/C15H15ClFN3O/c16-15-18-9-13(17)14(19-15)10-2-1-3-11(8-10)20-6-4-12(21)5-7-20/h1-3,8-9,12,21H,4-7H2. The second kappa shape index (κ2) is 5.95. The second-order valence-corrected chi connectivity index (χ2v) is 5.44. The molecular weight excluding hydrogens is 293 g/mol. The SMILES string of the molecule is OC1CCN(c2cccc(-c3nc(Cl)ncc3F)c2)CC1. The summed E-state index contributed by atoms with van der Waals surface area (Å²) in [5.41, 5.74) is 1.86. The van der Waals surface area contributed by atoms with Crippen LogP contribution < -0.4 is 4.90 Å². The molecule has 3 rings (SSSR count). The van der Waals surface area contributed by atoms with E-state index in [1.807, 2.05) is 18.2 Å². The summed E-state index contributed by atoms with van der Waals surface area (Å²) < 4.78 is 13.9. The smallest absolute Gasteiger partial charge is 0.223 e. The highest BCUT2D eigenvalue weighted by Gasteiger charge is 2.18. The molecule has 0 unspecified atom stereocenters. The van der Waals surface area contributed by atoms with Crippen LogP contribution in [-0.4, -0.2) is 34.3 Å². The van der Waals surface area contributed by atoms with Crippen LogP contribution in [0.5, 0.6) is 0 Å². The number of aliphatic hydroxyl groups excluding tert-OH is 1. The zero-order valence-corrected chi connectivity index (χ0v) is 12.1. The molecule has 0 bridgehead atoms. The molecule has 1 aromatic carbocycles. The number of benzene rings is 1. The second-order valence-electron chi connectivity index (χ2n) is 5.10. The van der Waals surface area contributed by atoms with Crippen molar-refractivity contribution in [3.8, 4) is 11.3 Å². The quantitative estimate of drug-likeness (QED) is 0.867. The van der Waals surface area contributed by atoms with Crippen LogP contribution in [0.4, 0.5) is 10.1 Å². The Bertz CT molecular complexity index is 645. The van der Waals surface area contributed by atoms with Gasteiger partial charge in [-0.3, -0.25) is 0 Å². The van der Waals surface area contributed by atoms with Crippen LogP contribution in [-0.2, 0) is 0 Å². The average molecular weight is 308 g/mol. The molecule has 0 aliphatic carbocycles. The van der Waals surface area contributed by atoms with Crippen LogP contribution in [0.2, 0.25) is 5.28 Å². The molecule has 6 heteroatoms. The lowest BCUT2D eigenvalue weighted by Crippen LogP contribution is -2.35. The van der Waals surface area contributed by atoms with Crippen molar-refractivity contribution in [1.82, 2.24) is 9.97 Å². The Labute approximate surface area is 127 Å². The van der Waals surface area contributed by atoms with E-state index in [2.05, 4.69) is 14.9 Å². The Balaban J connectivity index is 1.91. The van der Waals surface area contributed by atoms with Crippen LogP contribution in [0, 0.1) is 5.82 Å². The van der Waals surface area contributed by atoms with Crippen LogP contribution in [0.15, 0.2) is 30.5 Å². The molecule has 21 heavy (non-hydrogen) atoms. The molecule has 4 nitrogen and oxygen atoms in total. The maximum Gasteiger partial charge on any atom is 0.223 e. The zero-order chi connectivity index (χ0) is 14.8. The molecule has 2 heterocycles. The fourth-order valence-corrected chi connectivity index (χ4v) is 2.66. The molecule has 1 aromatic heterocycles. The first-order valence-corrected chi connectivity index (χ1v) is 7.23. The molecule has 110 valence electrons. The van der Waals surface area contributed by atoms with Gasteiger partial charge in [-0.1, -0.05) is 12.1 Å². The number of anilines is 1. The lowest BCUT2D eigenvalue weighted by Gasteiger charge is -2.31. The summed E-state index contributed by atoms with van der Waals surface area (Å²) >= 11 is 5.74. The summed E-state index contributed by atoms with van der Waals surface area (Å²) in [4.78, 5) is 9.77. The van der Waals surface area contributed by atoms with Crippen molar-refractivity contribution in [3.63, 3.8) is 0 Å². The van der Waals surface area contributed by atoms with E-state index in [-0.39, 0.29) is 17.1 Å². The van der Waals surface area contributed by atoms with Gasteiger partial charge in [-0.05, 0) is 36.6 Å². The minimum Gasteiger partial charge on any atom is -0.393 e. The van der Waals surface area contributed by atoms with Crippen molar-refractivity contribution in [2.45, 2.75) is 18.9 Å². The van der Waals surface area contributed by atoms with Gasteiger partial charge in [0.2, 0.25) is 5.28 Å². The highest BCUT2D eigenvalue weighted by molar-refractivity contribution is 6.28. The molecule has 1 aliphatic heterocycles. The zero-order valence-electron chi connectivity index (χ0n) is 11.3. The lowest BCUT2D eigenvalue weighted by atomic mass is 10.1. The van der Waals surface area contributed by atoms with Gasteiger partial charge in [0, 0.05) is 24.3 Å². The normalized spacial score (nSPS) is 16.2. The van der Waals surface area contributed by atoms with Crippen LogP contribution >= 0.6 is 11.6 Å². The van der Waals surface area contributed by atoms with E-state index in [4.69, 9.17) is 11.6 Å². The van der Waals surface area contributed by atoms with E-state index in [9.17, 15) is 9.50 Å². The minimum atomic E-state index is -0.495. The fourth-order valence-electron chi connectivity index (χ4n) is 2.52. The van der Waals surface area contributed by atoms with Crippen molar-refractivity contribution in [3.05, 3.63) is 41.6 Å². The maximum atomic E-state index is 13.9. The highest BCUT2D eigenvalue weighted by atomic mass is 35.5. The molecule has 2 aromatic rings.